The van der Waals surface area contributed by atoms with Gasteiger partial charge in [-0.25, -0.2) is 4.90 Å². The summed E-state index contributed by atoms with van der Waals surface area (Å²) in [6.45, 7) is 1.71. The number of benzene rings is 2. The fourth-order valence-electron chi connectivity index (χ4n) is 3.64. The average Bonchev–Trinajstić information content (AvgIpc) is 3.27. The predicted molar refractivity (Wildman–Crippen MR) is 111 cm³/mol. The molecule has 4 rings (SSSR count). The first-order chi connectivity index (χ1) is 14.9. The van der Waals surface area contributed by atoms with E-state index in [1.807, 2.05) is 25.1 Å². The fourth-order valence-corrected chi connectivity index (χ4v) is 3.64. The topological polar surface area (TPSA) is 113 Å². The zero-order valence-electron chi connectivity index (χ0n) is 17.2. The van der Waals surface area contributed by atoms with Crippen molar-refractivity contribution in [3.8, 4) is 11.5 Å². The second-order valence-corrected chi connectivity index (χ2v) is 7.16. The van der Waals surface area contributed by atoms with Gasteiger partial charge < -0.3 is 14.8 Å². The number of hydrogen-bond acceptors (Lipinski definition) is 8. The lowest BCUT2D eigenvalue weighted by molar-refractivity contribution is -0.123. The van der Waals surface area contributed by atoms with Crippen molar-refractivity contribution in [1.29, 1.82) is 0 Å². The molecule has 0 spiro atoms. The van der Waals surface area contributed by atoms with Gasteiger partial charge in [-0.3, -0.25) is 19.4 Å². The van der Waals surface area contributed by atoms with Crippen molar-refractivity contribution in [3.05, 3.63) is 48.0 Å². The van der Waals surface area contributed by atoms with E-state index in [2.05, 4.69) is 15.7 Å². The highest BCUT2D eigenvalue weighted by Gasteiger charge is 2.55. The normalized spacial score (nSPS) is 19.6. The number of rotatable bonds is 6. The maximum atomic E-state index is 13.1. The smallest absolute Gasteiger partial charge is 0.263 e. The van der Waals surface area contributed by atoms with E-state index in [0.717, 1.165) is 10.5 Å². The van der Waals surface area contributed by atoms with Crippen LogP contribution < -0.4 is 19.7 Å². The van der Waals surface area contributed by atoms with Gasteiger partial charge in [0.05, 0.1) is 19.9 Å². The van der Waals surface area contributed by atoms with Gasteiger partial charge in [-0.1, -0.05) is 17.4 Å². The summed E-state index contributed by atoms with van der Waals surface area (Å²) in [5, 5.41) is 11.8. The van der Waals surface area contributed by atoms with Crippen LogP contribution in [0.25, 0.3) is 0 Å². The maximum absolute atomic E-state index is 13.1. The largest absolute Gasteiger partial charge is 0.493 e. The molecule has 2 aliphatic heterocycles. The minimum atomic E-state index is -0.993. The van der Waals surface area contributed by atoms with E-state index in [9.17, 15) is 14.4 Å². The zero-order valence-corrected chi connectivity index (χ0v) is 17.2. The summed E-state index contributed by atoms with van der Waals surface area (Å²) >= 11 is 0. The summed E-state index contributed by atoms with van der Waals surface area (Å²) in [4.78, 5) is 39.5. The Bertz CT molecular complexity index is 1090. The lowest BCUT2D eigenvalue weighted by Crippen LogP contribution is -2.43. The zero-order chi connectivity index (χ0) is 22.1. The van der Waals surface area contributed by atoms with Gasteiger partial charge in [0.15, 0.2) is 23.6 Å². The van der Waals surface area contributed by atoms with Gasteiger partial charge in [-0.05, 0) is 36.8 Å². The first kappa shape index (κ1) is 20.3. The third-order valence-electron chi connectivity index (χ3n) is 5.09. The molecule has 0 aliphatic carbocycles. The Labute approximate surface area is 178 Å². The second kappa shape index (κ2) is 8.05. The lowest BCUT2D eigenvalue weighted by Gasteiger charge is -2.20. The molecule has 10 nitrogen and oxygen atoms in total. The molecule has 3 amide bonds. The van der Waals surface area contributed by atoms with Crippen LogP contribution >= 0.6 is 0 Å². The number of carbonyl (C=O) groups is 3. The molecular formula is C21H21N5O5. The Hall–Kier alpha value is -3.95. The molecule has 1 saturated heterocycles. The Morgan fingerprint density at radius 2 is 1.84 bits per heavy atom. The van der Waals surface area contributed by atoms with Crippen molar-refractivity contribution < 1.29 is 23.9 Å². The number of ether oxygens (including phenoxy) is 2. The standard InChI is InChI=1S/C21H21N5O5/c1-12-5-4-6-13(9-12)22-17(27)11-25-19-18(23-24-25)20(28)26(21(19)29)14-7-8-15(30-2)16(10-14)31-3/h4-10,18-19H,11H2,1-3H3,(H,22,27)/t18-,19-/m0/s1. The summed E-state index contributed by atoms with van der Waals surface area (Å²) in [5.74, 6) is -0.522. The monoisotopic (exact) mass is 423 g/mol. The lowest BCUT2D eigenvalue weighted by atomic mass is 10.1. The number of anilines is 2. The van der Waals surface area contributed by atoms with Crippen molar-refractivity contribution in [2.75, 3.05) is 31.0 Å². The predicted octanol–water partition coefficient (Wildman–Crippen LogP) is 1.94. The quantitative estimate of drug-likeness (QED) is 0.711. The highest BCUT2D eigenvalue weighted by atomic mass is 16.5. The van der Waals surface area contributed by atoms with Crippen LogP contribution in [0.1, 0.15) is 5.56 Å². The first-order valence-corrected chi connectivity index (χ1v) is 9.56. The van der Waals surface area contributed by atoms with Crippen molar-refractivity contribution in [3.63, 3.8) is 0 Å². The van der Waals surface area contributed by atoms with Crippen LogP contribution in [0.5, 0.6) is 11.5 Å². The molecule has 31 heavy (non-hydrogen) atoms. The van der Waals surface area contributed by atoms with E-state index in [4.69, 9.17) is 9.47 Å². The van der Waals surface area contributed by atoms with E-state index >= 15 is 0 Å². The molecule has 2 heterocycles. The number of carbonyl (C=O) groups excluding carboxylic acids is 3. The molecule has 2 atom stereocenters. The summed E-state index contributed by atoms with van der Waals surface area (Å²) < 4.78 is 10.5. The van der Waals surface area contributed by atoms with Crippen LogP contribution in [0.15, 0.2) is 52.8 Å². The first-order valence-electron chi connectivity index (χ1n) is 9.56. The molecule has 2 aliphatic rings. The molecule has 160 valence electrons. The Kier molecular flexibility index (Phi) is 5.28. The van der Waals surface area contributed by atoms with E-state index in [-0.39, 0.29) is 12.5 Å². The summed E-state index contributed by atoms with van der Waals surface area (Å²) in [6, 6.07) is 10.1. The number of imide groups is 1. The molecule has 0 radical (unpaired) electrons. The van der Waals surface area contributed by atoms with E-state index in [1.54, 1.807) is 24.3 Å². The molecule has 2 aromatic carbocycles. The van der Waals surface area contributed by atoms with Crippen LogP contribution in [0, 0.1) is 6.92 Å². The third kappa shape index (κ3) is 3.67. The van der Waals surface area contributed by atoms with Crippen molar-refractivity contribution in [1.82, 2.24) is 5.01 Å². The highest BCUT2D eigenvalue weighted by Crippen LogP contribution is 2.36. The maximum Gasteiger partial charge on any atom is 0.263 e. The molecule has 0 aromatic heterocycles. The second-order valence-electron chi connectivity index (χ2n) is 7.16. The number of hydrogen-bond donors (Lipinski definition) is 1. The van der Waals surface area contributed by atoms with Crippen molar-refractivity contribution in [2.24, 2.45) is 10.3 Å². The van der Waals surface area contributed by atoms with Gasteiger partial charge in [0, 0.05) is 11.8 Å². The van der Waals surface area contributed by atoms with Gasteiger partial charge in [-0.15, -0.1) is 0 Å². The molecule has 0 bridgehead atoms. The SMILES string of the molecule is COc1ccc(N2C(=O)[C@H]3N=NN(CC(=O)Nc4cccc(C)c4)[C@@H]3C2=O)cc1OC. The van der Waals surface area contributed by atoms with Crippen LogP contribution in [0.4, 0.5) is 11.4 Å². The Morgan fingerprint density at radius 3 is 2.55 bits per heavy atom. The Balaban J connectivity index is 1.51. The van der Waals surface area contributed by atoms with E-state index < -0.39 is 23.9 Å². The van der Waals surface area contributed by atoms with Crippen LogP contribution in [0.2, 0.25) is 0 Å². The number of aryl methyl sites for hydroxylation is 1. The van der Waals surface area contributed by atoms with Gasteiger partial charge in [0.1, 0.15) is 6.54 Å². The highest BCUT2D eigenvalue weighted by molar-refractivity contribution is 6.25. The van der Waals surface area contributed by atoms with E-state index in [1.165, 1.54) is 19.2 Å². The third-order valence-corrected chi connectivity index (χ3v) is 5.09. The molecule has 0 unspecified atom stereocenters. The number of nitrogens with one attached hydrogen (secondary N) is 1. The average molecular weight is 423 g/mol. The van der Waals surface area contributed by atoms with Gasteiger partial charge in [0.25, 0.3) is 11.8 Å². The fraction of sp³-hybridized carbons (Fsp3) is 0.286. The number of nitrogens with zero attached hydrogens (tertiary/aromatic N) is 4. The molecule has 1 fully saturated rings. The van der Waals surface area contributed by atoms with Gasteiger partial charge in [-0.2, -0.15) is 5.11 Å². The molecule has 2 aromatic rings. The van der Waals surface area contributed by atoms with Crippen molar-refractivity contribution in [2.45, 2.75) is 19.0 Å². The summed E-state index contributed by atoms with van der Waals surface area (Å²) in [5.41, 5.74) is 1.97. The van der Waals surface area contributed by atoms with Gasteiger partial charge in [0.2, 0.25) is 5.91 Å². The van der Waals surface area contributed by atoms with Crippen molar-refractivity contribution >= 4 is 29.1 Å². The minimum absolute atomic E-state index is 0.211. The number of methoxy groups -OCH3 is 2. The van der Waals surface area contributed by atoms with E-state index in [0.29, 0.717) is 22.9 Å². The summed E-state index contributed by atoms with van der Waals surface area (Å²) in [7, 11) is 2.96. The Morgan fingerprint density at radius 1 is 1.06 bits per heavy atom. The molecule has 0 saturated carbocycles. The van der Waals surface area contributed by atoms with Crippen LogP contribution in [-0.4, -0.2) is 55.6 Å². The summed E-state index contributed by atoms with van der Waals surface area (Å²) in [6.07, 6.45) is 0. The minimum Gasteiger partial charge on any atom is -0.493 e. The number of fused-ring (bicyclic) bond motifs is 1. The number of amides is 3. The molecule has 10 heteroatoms. The molecular weight excluding hydrogens is 402 g/mol. The van der Waals surface area contributed by atoms with Crippen LogP contribution in [0.3, 0.4) is 0 Å². The van der Waals surface area contributed by atoms with Gasteiger partial charge >= 0.3 is 0 Å². The molecule has 1 N–H and O–H groups in total. The van der Waals surface area contributed by atoms with Crippen LogP contribution in [-0.2, 0) is 14.4 Å².